The third-order valence-corrected chi connectivity index (χ3v) is 8.29. The maximum Gasteiger partial charge on any atom is 0.313 e. The van der Waals surface area contributed by atoms with Crippen molar-refractivity contribution in [2.75, 3.05) is 41.3 Å². The Labute approximate surface area is 207 Å². The summed E-state index contributed by atoms with van der Waals surface area (Å²) >= 11 is 1.71. The minimum Gasteiger partial charge on any atom is -0.348 e. The van der Waals surface area contributed by atoms with Crippen molar-refractivity contribution < 1.29 is 14.4 Å². The summed E-state index contributed by atoms with van der Waals surface area (Å²) in [6, 6.07) is 11.9. The highest BCUT2D eigenvalue weighted by Gasteiger charge is 2.32. The van der Waals surface area contributed by atoms with Gasteiger partial charge in [0.25, 0.3) is 0 Å². The van der Waals surface area contributed by atoms with Gasteiger partial charge in [0.05, 0.1) is 22.3 Å². The number of fused-ring (bicyclic) bond motifs is 1. The van der Waals surface area contributed by atoms with Crippen LogP contribution in [0, 0.1) is 5.92 Å². The number of benzene rings is 2. The van der Waals surface area contributed by atoms with Crippen molar-refractivity contribution in [3.8, 4) is 0 Å². The number of amides is 3. The van der Waals surface area contributed by atoms with Gasteiger partial charge in [-0.25, -0.2) is 4.98 Å². The Balaban J connectivity index is 1.01. The van der Waals surface area contributed by atoms with E-state index >= 15 is 0 Å². The van der Waals surface area contributed by atoms with Crippen molar-refractivity contribution in [2.45, 2.75) is 32.1 Å². The van der Waals surface area contributed by atoms with E-state index in [1.54, 1.807) is 11.3 Å². The average Bonchev–Trinajstić information content (AvgIpc) is 3.45. The molecule has 1 saturated heterocycles. The highest BCUT2D eigenvalue weighted by atomic mass is 32.1. The summed E-state index contributed by atoms with van der Waals surface area (Å²) in [7, 11) is 0. The van der Waals surface area contributed by atoms with Gasteiger partial charge in [-0.15, -0.1) is 0 Å². The molecule has 2 aromatic carbocycles. The maximum absolute atomic E-state index is 12.5. The number of nitrogens with zero attached hydrogens (tertiary/aromatic N) is 3. The van der Waals surface area contributed by atoms with Crippen molar-refractivity contribution in [2.24, 2.45) is 5.92 Å². The lowest BCUT2D eigenvalue weighted by Crippen LogP contribution is -2.41. The fourth-order valence-electron chi connectivity index (χ4n) is 5.38. The van der Waals surface area contributed by atoms with Crippen LogP contribution in [0.25, 0.3) is 10.2 Å². The lowest BCUT2D eigenvalue weighted by molar-refractivity contribution is -0.136. The number of hydrogen-bond acceptors (Lipinski definition) is 6. The van der Waals surface area contributed by atoms with Crippen LogP contribution in [0.1, 0.15) is 30.4 Å². The molecule has 0 saturated carbocycles. The summed E-state index contributed by atoms with van der Waals surface area (Å²) in [5, 5.41) is 6.59. The normalized spacial score (nSPS) is 17.5. The first-order chi connectivity index (χ1) is 17.0. The van der Waals surface area contributed by atoms with Gasteiger partial charge in [0.15, 0.2) is 5.13 Å². The Morgan fingerprint density at radius 1 is 1.06 bits per heavy atom. The van der Waals surface area contributed by atoms with Crippen molar-refractivity contribution >= 4 is 55.8 Å². The molecule has 0 spiro atoms. The van der Waals surface area contributed by atoms with Crippen LogP contribution in [0.4, 0.5) is 16.5 Å². The van der Waals surface area contributed by atoms with Gasteiger partial charge in [-0.3, -0.25) is 14.4 Å². The molecular weight excluding hydrogens is 462 g/mol. The molecule has 3 aromatic rings. The molecule has 180 valence electrons. The third-order valence-electron chi connectivity index (χ3n) is 7.19. The number of para-hydroxylation sites is 1. The van der Waals surface area contributed by atoms with E-state index in [9.17, 15) is 14.4 Å². The Bertz CT molecular complexity index is 1290. The van der Waals surface area contributed by atoms with E-state index in [4.69, 9.17) is 4.98 Å². The second kappa shape index (κ2) is 8.96. The predicted molar refractivity (Wildman–Crippen MR) is 137 cm³/mol. The largest absolute Gasteiger partial charge is 0.348 e. The van der Waals surface area contributed by atoms with E-state index in [2.05, 4.69) is 21.6 Å². The first-order valence-electron chi connectivity index (χ1n) is 12.2. The molecule has 4 heterocycles. The first kappa shape index (κ1) is 22.0. The highest BCUT2D eigenvalue weighted by Crippen LogP contribution is 2.38. The molecule has 9 heteroatoms. The smallest absolute Gasteiger partial charge is 0.313 e. The van der Waals surface area contributed by atoms with Crippen LogP contribution in [-0.2, 0) is 27.2 Å². The summed E-state index contributed by atoms with van der Waals surface area (Å²) in [6.45, 7) is 3.02. The number of rotatable bonds is 4. The van der Waals surface area contributed by atoms with Crippen molar-refractivity contribution in [3.63, 3.8) is 0 Å². The van der Waals surface area contributed by atoms with Gasteiger partial charge in [0, 0.05) is 31.9 Å². The first-order valence-corrected chi connectivity index (χ1v) is 13.0. The molecule has 1 aromatic heterocycles. The Kier molecular flexibility index (Phi) is 5.64. The molecule has 0 bridgehead atoms. The zero-order chi connectivity index (χ0) is 23.9. The van der Waals surface area contributed by atoms with Crippen LogP contribution < -0.4 is 20.4 Å². The van der Waals surface area contributed by atoms with E-state index in [-0.39, 0.29) is 5.91 Å². The van der Waals surface area contributed by atoms with Gasteiger partial charge in [0.1, 0.15) is 0 Å². The minimum atomic E-state index is -0.666. The second-order valence-electron chi connectivity index (χ2n) is 9.53. The monoisotopic (exact) mass is 489 g/mol. The van der Waals surface area contributed by atoms with Gasteiger partial charge in [-0.05, 0) is 67.0 Å². The summed E-state index contributed by atoms with van der Waals surface area (Å²) in [5.41, 5.74) is 4.61. The number of carbonyl (C=O) groups is 3. The summed E-state index contributed by atoms with van der Waals surface area (Å²) in [5.74, 6) is -0.846. The summed E-state index contributed by atoms with van der Waals surface area (Å²) in [6.07, 6.45) is 4.02. The van der Waals surface area contributed by atoms with Crippen molar-refractivity contribution in [1.29, 1.82) is 0 Å². The lowest BCUT2D eigenvalue weighted by atomic mass is 9.97. The molecule has 0 radical (unpaired) electrons. The average molecular weight is 490 g/mol. The molecule has 0 unspecified atom stereocenters. The van der Waals surface area contributed by atoms with Crippen LogP contribution in [0.15, 0.2) is 36.4 Å². The molecule has 2 N–H and O–H groups in total. The quantitative estimate of drug-likeness (QED) is 0.550. The number of anilines is 3. The van der Waals surface area contributed by atoms with E-state index in [0.717, 1.165) is 72.8 Å². The molecule has 3 amide bonds. The third kappa shape index (κ3) is 4.25. The summed E-state index contributed by atoms with van der Waals surface area (Å²) < 4.78 is 1.19. The van der Waals surface area contributed by atoms with E-state index in [0.29, 0.717) is 24.6 Å². The lowest BCUT2D eigenvalue weighted by Gasteiger charge is -2.31. The number of carbonyl (C=O) groups excluding carboxylic acids is 3. The summed E-state index contributed by atoms with van der Waals surface area (Å²) in [4.78, 5) is 46.1. The molecule has 0 aliphatic carbocycles. The molecule has 3 aliphatic heterocycles. The molecule has 3 aliphatic rings. The van der Waals surface area contributed by atoms with Crippen LogP contribution >= 0.6 is 11.3 Å². The second-order valence-corrected chi connectivity index (χ2v) is 10.5. The van der Waals surface area contributed by atoms with E-state index < -0.39 is 11.8 Å². The molecule has 1 fully saturated rings. The fraction of sp³-hybridized carbons (Fsp3) is 0.385. The van der Waals surface area contributed by atoms with Crippen LogP contribution in [-0.4, -0.2) is 48.9 Å². The van der Waals surface area contributed by atoms with Crippen molar-refractivity contribution in [3.05, 3.63) is 47.5 Å². The fourth-order valence-corrected chi connectivity index (χ4v) is 6.40. The van der Waals surface area contributed by atoms with E-state index in [1.165, 1.54) is 4.70 Å². The van der Waals surface area contributed by atoms with Gasteiger partial charge in [0.2, 0.25) is 5.91 Å². The van der Waals surface area contributed by atoms with Crippen LogP contribution in [0.2, 0.25) is 0 Å². The molecular formula is C26H27N5O3S. The maximum atomic E-state index is 12.5. The minimum absolute atomic E-state index is 0.108. The number of nitrogens with one attached hydrogen (secondary N) is 2. The van der Waals surface area contributed by atoms with Gasteiger partial charge < -0.3 is 20.4 Å². The van der Waals surface area contributed by atoms with E-state index in [1.807, 2.05) is 35.2 Å². The number of thiazole rings is 1. The standard InChI is InChI=1S/C26H27N5O3S/c32-22-14-18-13-19(12-17-4-3-9-31(22)23(17)18)28-25(34)24(33)27-15-16-7-10-30(11-8-16)26-29-20-5-1-2-6-21(20)35-26/h1-2,5-6,12-13,16H,3-4,7-11,14-15H2,(H,27,33)(H,28,34). The number of aromatic nitrogens is 1. The zero-order valence-electron chi connectivity index (χ0n) is 19.4. The van der Waals surface area contributed by atoms with Crippen LogP contribution in [0.5, 0.6) is 0 Å². The Morgan fingerprint density at radius 2 is 1.86 bits per heavy atom. The number of hydrogen-bond donors (Lipinski definition) is 2. The number of aryl methyl sites for hydroxylation is 1. The van der Waals surface area contributed by atoms with Crippen molar-refractivity contribution in [1.82, 2.24) is 10.3 Å². The molecule has 8 nitrogen and oxygen atoms in total. The van der Waals surface area contributed by atoms with Gasteiger partial charge >= 0.3 is 11.8 Å². The molecule has 35 heavy (non-hydrogen) atoms. The SMILES string of the molecule is O=C(NCC1CCN(c2nc3ccccc3s2)CC1)C(=O)Nc1cc2c3c(c1)CC(=O)N3CCC2. The topological polar surface area (TPSA) is 94.6 Å². The number of piperidine rings is 1. The Hall–Kier alpha value is -3.46. The van der Waals surface area contributed by atoms with Gasteiger partial charge in [-0.1, -0.05) is 23.5 Å². The molecule has 0 atom stereocenters. The van der Waals surface area contributed by atoms with Crippen LogP contribution in [0.3, 0.4) is 0 Å². The molecule has 6 rings (SSSR count). The highest BCUT2D eigenvalue weighted by molar-refractivity contribution is 7.22. The predicted octanol–water partition coefficient (Wildman–Crippen LogP) is 3.10. The zero-order valence-corrected chi connectivity index (χ0v) is 20.2. The Morgan fingerprint density at radius 3 is 2.69 bits per heavy atom. The van der Waals surface area contributed by atoms with Gasteiger partial charge in [-0.2, -0.15) is 0 Å².